The molecule has 0 saturated heterocycles. The second-order valence-corrected chi connectivity index (χ2v) is 7.83. The number of hydrogen-bond donors (Lipinski definition) is 1. The number of hydrogen-bond acceptors (Lipinski definition) is 4. The maximum absolute atomic E-state index is 13.4. The van der Waals surface area contributed by atoms with Gasteiger partial charge in [0, 0.05) is 16.6 Å². The number of para-hydroxylation sites is 1. The van der Waals surface area contributed by atoms with Gasteiger partial charge >= 0.3 is 5.97 Å². The van der Waals surface area contributed by atoms with E-state index >= 15 is 0 Å². The van der Waals surface area contributed by atoms with Crippen LogP contribution in [0.15, 0.2) is 78.9 Å². The normalized spacial score (nSPS) is 10.9. The van der Waals surface area contributed by atoms with Gasteiger partial charge in [-0.3, -0.25) is 4.79 Å². The van der Waals surface area contributed by atoms with Gasteiger partial charge in [0.25, 0.3) is 5.91 Å². The van der Waals surface area contributed by atoms with Gasteiger partial charge in [0.1, 0.15) is 0 Å². The summed E-state index contributed by atoms with van der Waals surface area (Å²) in [5.41, 5.74) is 4.92. The highest BCUT2D eigenvalue weighted by atomic mass is 16.5. The first-order valence-electron chi connectivity index (χ1n) is 10.5. The zero-order chi connectivity index (χ0) is 22.7. The molecule has 5 heteroatoms. The van der Waals surface area contributed by atoms with Crippen molar-refractivity contribution in [2.75, 3.05) is 5.32 Å². The lowest BCUT2D eigenvalue weighted by molar-refractivity contribution is 0.0378. The Hall–Kier alpha value is -3.99. The number of rotatable bonds is 5. The molecule has 0 spiro atoms. The molecule has 4 aromatic rings. The fourth-order valence-electron chi connectivity index (χ4n) is 3.64. The number of pyridine rings is 1. The number of nitrogens with one attached hydrogen (secondary N) is 1. The molecule has 1 heterocycles. The Morgan fingerprint density at radius 1 is 0.875 bits per heavy atom. The number of amides is 1. The van der Waals surface area contributed by atoms with Crippen molar-refractivity contribution < 1.29 is 14.3 Å². The van der Waals surface area contributed by atoms with Crippen molar-refractivity contribution in [3.63, 3.8) is 0 Å². The maximum atomic E-state index is 13.4. The van der Waals surface area contributed by atoms with E-state index in [4.69, 9.17) is 9.72 Å². The predicted octanol–water partition coefficient (Wildman–Crippen LogP) is 6.03. The third kappa shape index (κ3) is 4.37. The fourth-order valence-corrected chi connectivity index (χ4v) is 3.64. The van der Waals surface area contributed by atoms with Crippen LogP contribution in [0.2, 0.25) is 0 Å². The molecule has 3 aromatic carbocycles. The van der Waals surface area contributed by atoms with Crippen LogP contribution in [-0.2, 0) is 4.74 Å². The molecule has 0 radical (unpaired) electrons. The van der Waals surface area contributed by atoms with Crippen molar-refractivity contribution in [2.45, 2.75) is 26.9 Å². The van der Waals surface area contributed by atoms with Crippen LogP contribution in [0.3, 0.4) is 0 Å². The Labute approximate surface area is 187 Å². The van der Waals surface area contributed by atoms with Crippen LogP contribution in [0.4, 0.5) is 5.69 Å². The zero-order valence-corrected chi connectivity index (χ0v) is 18.3. The van der Waals surface area contributed by atoms with Crippen molar-refractivity contribution in [1.29, 1.82) is 0 Å². The van der Waals surface area contributed by atoms with Crippen molar-refractivity contribution in [3.8, 4) is 11.3 Å². The van der Waals surface area contributed by atoms with Crippen LogP contribution < -0.4 is 5.32 Å². The van der Waals surface area contributed by atoms with Crippen LogP contribution in [0, 0.1) is 6.92 Å². The number of carbonyl (C=O) groups is 2. The second-order valence-electron chi connectivity index (χ2n) is 7.83. The van der Waals surface area contributed by atoms with Crippen molar-refractivity contribution in [3.05, 3.63) is 95.6 Å². The van der Waals surface area contributed by atoms with E-state index in [0.717, 1.165) is 27.7 Å². The molecule has 0 saturated carbocycles. The third-order valence-electron chi connectivity index (χ3n) is 5.13. The molecule has 1 N–H and O–H groups in total. The van der Waals surface area contributed by atoms with Crippen LogP contribution >= 0.6 is 0 Å². The fraction of sp³-hybridized carbons (Fsp3) is 0.148. The van der Waals surface area contributed by atoms with E-state index in [1.54, 1.807) is 38.1 Å². The zero-order valence-electron chi connectivity index (χ0n) is 18.3. The monoisotopic (exact) mass is 424 g/mol. The number of anilines is 1. The van der Waals surface area contributed by atoms with Crippen molar-refractivity contribution >= 4 is 28.5 Å². The minimum atomic E-state index is -0.388. The summed E-state index contributed by atoms with van der Waals surface area (Å²) in [5, 5.41) is 3.75. The van der Waals surface area contributed by atoms with E-state index in [0.29, 0.717) is 16.8 Å². The van der Waals surface area contributed by atoms with Crippen LogP contribution in [0.5, 0.6) is 0 Å². The van der Waals surface area contributed by atoms with Gasteiger partial charge in [-0.2, -0.15) is 0 Å². The van der Waals surface area contributed by atoms with Gasteiger partial charge in [0.05, 0.1) is 28.4 Å². The summed E-state index contributed by atoms with van der Waals surface area (Å²) in [6.45, 7) is 5.52. The molecule has 160 valence electrons. The van der Waals surface area contributed by atoms with Crippen molar-refractivity contribution in [2.24, 2.45) is 0 Å². The summed E-state index contributed by atoms with van der Waals surface area (Å²) in [6.07, 6.45) is -0.191. The number of nitrogens with zero attached hydrogens (tertiary/aromatic N) is 1. The lowest BCUT2D eigenvalue weighted by atomic mass is 9.97. The van der Waals surface area contributed by atoms with Crippen molar-refractivity contribution in [1.82, 2.24) is 4.98 Å². The van der Waals surface area contributed by atoms with E-state index in [1.807, 2.05) is 61.5 Å². The Bertz CT molecular complexity index is 1280. The molecule has 0 fully saturated rings. The Balaban J connectivity index is 1.69. The molecule has 0 aliphatic heterocycles. The SMILES string of the molecule is Cc1c(-c2ccccc2)nc2ccccc2c1C(=O)Nc1ccc(C(=O)OC(C)C)cc1. The number of esters is 1. The van der Waals surface area contributed by atoms with Gasteiger partial charge in [0.15, 0.2) is 0 Å². The smallest absolute Gasteiger partial charge is 0.338 e. The number of benzene rings is 3. The molecule has 32 heavy (non-hydrogen) atoms. The van der Waals surface area contributed by atoms with Gasteiger partial charge in [-0.15, -0.1) is 0 Å². The molecule has 0 aliphatic carbocycles. The van der Waals surface area contributed by atoms with E-state index in [9.17, 15) is 9.59 Å². The quantitative estimate of drug-likeness (QED) is 0.397. The van der Waals surface area contributed by atoms with E-state index in [1.165, 1.54) is 0 Å². The van der Waals surface area contributed by atoms with Gasteiger partial charge in [0.2, 0.25) is 0 Å². The van der Waals surface area contributed by atoms with Gasteiger partial charge in [-0.05, 0) is 56.7 Å². The highest BCUT2D eigenvalue weighted by Crippen LogP contribution is 2.30. The summed E-state index contributed by atoms with van der Waals surface area (Å²) in [4.78, 5) is 30.2. The molecular weight excluding hydrogens is 400 g/mol. The summed E-state index contributed by atoms with van der Waals surface area (Å²) in [7, 11) is 0. The second kappa shape index (κ2) is 9.02. The number of aromatic nitrogens is 1. The average Bonchev–Trinajstić information content (AvgIpc) is 2.79. The lowest BCUT2D eigenvalue weighted by Gasteiger charge is -2.15. The van der Waals surface area contributed by atoms with Crippen LogP contribution in [-0.4, -0.2) is 23.0 Å². The van der Waals surface area contributed by atoms with E-state index in [-0.39, 0.29) is 18.0 Å². The first-order valence-corrected chi connectivity index (χ1v) is 10.5. The molecule has 0 aliphatic rings. The molecule has 5 nitrogen and oxygen atoms in total. The molecular formula is C27H24N2O3. The summed E-state index contributed by atoms with van der Waals surface area (Å²) in [5.74, 6) is -0.614. The Morgan fingerprint density at radius 3 is 2.22 bits per heavy atom. The summed E-state index contributed by atoms with van der Waals surface area (Å²) < 4.78 is 5.21. The molecule has 0 bridgehead atoms. The van der Waals surface area contributed by atoms with Crippen LogP contribution in [0.25, 0.3) is 22.2 Å². The topological polar surface area (TPSA) is 68.3 Å². The average molecular weight is 425 g/mol. The number of carbonyl (C=O) groups excluding carboxylic acids is 2. The van der Waals surface area contributed by atoms with E-state index < -0.39 is 0 Å². The molecule has 0 atom stereocenters. The molecule has 1 aromatic heterocycles. The largest absolute Gasteiger partial charge is 0.459 e. The first kappa shape index (κ1) is 21.2. The Morgan fingerprint density at radius 2 is 1.53 bits per heavy atom. The third-order valence-corrected chi connectivity index (χ3v) is 5.13. The first-order chi connectivity index (χ1) is 15.4. The maximum Gasteiger partial charge on any atom is 0.338 e. The lowest BCUT2D eigenvalue weighted by Crippen LogP contribution is -2.16. The minimum Gasteiger partial charge on any atom is -0.459 e. The predicted molar refractivity (Wildman–Crippen MR) is 127 cm³/mol. The minimum absolute atomic E-state index is 0.191. The molecule has 4 rings (SSSR count). The number of fused-ring (bicyclic) bond motifs is 1. The molecule has 1 amide bonds. The van der Waals surface area contributed by atoms with Crippen LogP contribution in [0.1, 0.15) is 40.1 Å². The van der Waals surface area contributed by atoms with Gasteiger partial charge < -0.3 is 10.1 Å². The standard InChI is InChI=1S/C27H24N2O3/c1-17(2)32-27(31)20-13-15-21(16-14-20)28-26(30)24-18(3)25(19-9-5-4-6-10-19)29-23-12-8-7-11-22(23)24/h4-17H,1-3H3,(H,28,30). The number of ether oxygens (including phenoxy) is 1. The van der Waals surface area contributed by atoms with Gasteiger partial charge in [-0.25, -0.2) is 9.78 Å². The Kier molecular flexibility index (Phi) is 5.99. The molecule has 0 unspecified atom stereocenters. The summed E-state index contributed by atoms with van der Waals surface area (Å²) in [6, 6.07) is 24.2. The van der Waals surface area contributed by atoms with E-state index in [2.05, 4.69) is 5.32 Å². The summed E-state index contributed by atoms with van der Waals surface area (Å²) >= 11 is 0. The highest BCUT2D eigenvalue weighted by Gasteiger charge is 2.19. The highest BCUT2D eigenvalue weighted by molar-refractivity contribution is 6.14. The van der Waals surface area contributed by atoms with Gasteiger partial charge in [-0.1, -0.05) is 48.5 Å².